The van der Waals surface area contributed by atoms with Gasteiger partial charge in [-0.2, -0.15) is 0 Å². The number of rotatable bonds is 5. The molecule has 1 rings (SSSR count). The molecule has 0 bridgehead atoms. The van der Waals surface area contributed by atoms with Crippen LogP contribution in [0.4, 0.5) is 0 Å². The molecule has 4 heteroatoms. The minimum Gasteiger partial charge on any atom is -0.465 e. The maximum atomic E-state index is 11.3. The maximum Gasteiger partial charge on any atom is 0.320 e. The molecule has 0 saturated carbocycles. The topological polar surface area (TPSA) is 38.8 Å². The summed E-state index contributed by atoms with van der Waals surface area (Å²) in [5.74, 6) is 0.471. The van der Waals surface area contributed by atoms with Crippen LogP contribution in [0.25, 0.3) is 0 Å². The number of ether oxygens (including phenoxy) is 2. The Bertz CT molecular complexity index is 206. The normalized spacial score (nSPS) is 22.3. The third kappa shape index (κ3) is 4.18. The molecular weight excluding hydrogens is 194 g/mol. The first-order valence-corrected chi connectivity index (χ1v) is 5.61. The van der Waals surface area contributed by atoms with Crippen LogP contribution in [0.15, 0.2) is 0 Å². The summed E-state index contributed by atoms with van der Waals surface area (Å²) in [7, 11) is 0. The lowest BCUT2D eigenvalue weighted by molar-refractivity contribution is -0.145. The lowest BCUT2D eigenvalue weighted by Gasteiger charge is -2.22. The first-order valence-electron chi connectivity index (χ1n) is 5.61. The highest BCUT2D eigenvalue weighted by Crippen LogP contribution is 2.17. The summed E-state index contributed by atoms with van der Waals surface area (Å²) in [6, 6.07) is 0.370. The number of hydrogen-bond acceptors (Lipinski definition) is 4. The Kier molecular flexibility index (Phi) is 5.05. The quantitative estimate of drug-likeness (QED) is 0.647. The number of esters is 1. The molecule has 0 unspecified atom stereocenters. The van der Waals surface area contributed by atoms with Crippen LogP contribution in [0.1, 0.15) is 27.2 Å². The largest absolute Gasteiger partial charge is 0.465 e. The van der Waals surface area contributed by atoms with Gasteiger partial charge in [0.1, 0.15) is 0 Å². The number of carbonyl (C=O) groups excluding carboxylic acids is 1. The fraction of sp³-hybridized carbons (Fsp3) is 0.909. The summed E-state index contributed by atoms with van der Waals surface area (Å²) in [5.41, 5.74) is 0. The van der Waals surface area contributed by atoms with Crippen molar-refractivity contribution >= 4 is 5.97 Å². The molecule has 0 amide bonds. The minimum absolute atomic E-state index is 0.156. The smallest absolute Gasteiger partial charge is 0.320 e. The van der Waals surface area contributed by atoms with E-state index in [1.54, 1.807) is 0 Å². The minimum atomic E-state index is -0.156. The Balaban J connectivity index is 2.35. The summed E-state index contributed by atoms with van der Waals surface area (Å²) in [4.78, 5) is 13.4. The van der Waals surface area contributed by atoms with Crippen molar-refractivity contribution in [3.63, 3.8) is 0 Å². The van der Waals surface area contributed by atoms with Crippen LogP contribution >= 0.6 is 0 Å². The van der Waals surface area contributed by atoms with Crippen LogP contribution in [-0.4, -0.2) is 43.4 Å². The number of nitrogens with zero attached hydrogens (tertiary/aromatic N) is 1. The SMILES string of the molecule is CCOC(=O)CN1COC[C@@H]1CC(C)C. The second-order valence-corrected chi connectivity index (χ2v) is 4.34. The number of hydrogen-bond donors (Lipinski definition) is 0. The summed E-state index contributed by atoms with van der Waals surface area (Å²) in [5, 5.41) is 0. The van der Waals surface area contributed by atoms with E-state index in [1.807, 2.05) is 6.92 Å². The van der Waals surface area contributed by atoms with Gasteiger partial charge in [0, 0.05) is 6.04 Å². The first-order chi connectivity index (χ1) is 7.13. The van der Waals surface area contributed by atoms with Gasteiger partial charge in [-0.3, -0.25) is 9.69 Å². The molecule has 1 fully saturated rings. The fourth-order valence-electron chi connectivity index (χ4n) is 1.83. The van der Waals surface area contributed by atoms with E-state index >= 15 is 0 Å². The zero-order chi connectivity index (χ0) is 11.3. The molecule has 0 radical (unpaired) electrons. The van der Waals surface area contributed by atoms with Gasteiger partial charge >= 0.3 is 5.97 Å². The van der Waals surface area contributed by atoms with Crippen molar-refractivity contribution in [2.45, 2.75) is 33.2 Å². The summed E-state index contributed by atoms with van der Waals surface area (Å²) < 4.78 is 10.3. The molecule has 15 heavy (non-hydrogen) atoms. The van der Waals surface area contributed by atoms with Crippen molar-refractivity contribution < 1.29 is 14.3 Å². The van der Waals surface area contributed by atoms with Crippen molar-refractivity contribution in [3.8, 4) is 0 Å². The molecule has 1 saturated heterocycles. The Morgan fingerprint density at radius 1 is 1.60 bits per heavy atom. The van der Waals surface area contributed by atoms with E-state index in [4.69, 9.17) is 9.47 Å². The predicted octanol–water partition coefficient (Wildman–Crippen LogP) is 1.25. The fourth-order valence-corrected chi connectivity index (χ4v) is 1.83. The third-order valence-electron chi connectivity index (χ3n) is 2.46. The van der Waals surface area contributed by atoms with Gasteiger partial charge in [0.15, 0.2) is 0 Å². The average molecular weight is 215 g/mol. The van der Waals surface area contributed by atoms with Gasteiger partial charge in [0.2, 0.25) is 0 Å². The molecule has 88 valence electrons. The van der Waals surface area contributed by atoms with Crippen molar-refractivity contribution in [1.82, 2.24) is 4.90 Å². The lowest BCUT2D eigenvalue weighted by Crippen LogP contribution is -2.36. The molecule has 0 N–H and O–H groups in total. The Morgan fingerprint density at radius 3 is 2.93 bits per heavy atom. The molecule has 0 aromatic heterocycles. The van der Waals surface area contributed by atoms with E-state index < -0.39 is 0 Å². The van der Waals surface area contributed by atoms with Gasteiger partial charge in [-0.25, -0.2) is 0 Å². The van der Waals surface area contributed by atoms with Gasteiger partial charge in [-0.15, -0.1) is 0 Å². The van der Waals surface area contributed by atoms with E-state index in [2.05, 4.69) is 18.7 Å². The molecule has 4 nitrogen and oxygen atoms in total. The highest BCUT2D eigenvalue weighted by Gasteiger charge is 2.27. The molecule has 0 spiro atoms. The molecule has 0 aromatic rings. The summed E-state index contributed by atoms with van der Waals surface area (Å²) >= 11 is 0. The molecular formula is C11H21NO3. The Labute approximate surface area is 91.5 Å². The van der Waals surface area contributed by atoms with Gasteiger partial charge in [0.05, 0.1) is 26.5 Å². The predicted molar refractivity (Wildman–Crippen MR) is 57.4 cm³/mol. The average Bonchev–Trinajstić information content (AvgIpc) is 2.52. The second kappa shape index (κ2) is 6.08. The van der Waals surface area contributed by atoms with Crippen molar-refractivity contribution in [3.05, 3.63) is 0 Å². The third-order valence-corrected chi connectivity index (χ3v) is 2.46. The molecule has 1 heterocycles. The van der Waals surface area contributed by atoms with Crippen molar-refractivity contribution in [2.24, 2.45) is 5.92 Å². The van der Waals surface area contributed by atoms with E-state index in [1.165, 1.54) is 0 Å². The van der Waals surface area contributed by atoms with E-state index in [0.717, 1.165) is 13.0 Å². The second-order valence-electron chi connectivity index (χ2n) is 4.34. The Morgan fingerprint density at radius 2 is 2.33 bits per heavy atom. The van der Waals surface area contributed by atoms with Gasteiger partial charge in [-0.1, -0.05) is 13.8 Å². The van der Waals surface area contributed by atoms with Gasteiger partial charge < -0.3 is 9.47 Å². The van der Waals surface area contributed by atoms with Crippen LogP contribution in [0, 0.1) is 5.92 Å². The highest BCUT2D eigenvalue weighted by atomic mass is 16.5. The summed E-state index contributed by atoms with van der Waals surface area (Å²) in [6.45, 7) is 8.27. The maximum absolute atomic E-state index is 11.3. The van der Waals surface area contributed by atoms with Gasteiger partial charge in [0.25, 0.3) is 0 Å². The molecule has 0 aromatic carbocycles. The van der Waals surface area contributed by atoms with Gasteiger partial charge in [-0.05, 0) is 19.3 Å². The van der Waals surface area contributed by atoms with E-state index in [-0.39, 0.29) is 5.97 Å². The molecule has 1 aliphatic heterocycles. The van der Waals surface area contributed by atoms with Crippen LogP contribution in [0.3, 0.4) is 0 Å². The van der Waals surface area contributed by atoms with Crippen LogP contribution < -0.4 is 0 Å². The van der Waals surface area contributed by atoms with Crippen LogP contribution in [-0.2, 0) is 14.3 Å². The van der Waals surface area contributed by atoms with Crippen LogP contribution in [0.5, 0.6) is 0 Å². The zero-order valence-electron chi connectivity index (χ0n) is 9.86. The van der Waals surface area contributed by atoms with Crippen LogP contribution in [0.2, 0.25) is 0 Å². The standard InChI is InChI=1S/C11H21NO3/c1-4-15-11(13)6-12-8-14-7-10(12)5-9(2)3/h9-10H,4-8H2,1-3H3/t10-/m0/s1. The molecule has 0 aliphatic carbocycles. The van der Waals surface area contributed by atoms with Crippen molar-refractivity contribution in [1.29, 1.82) is 0 Å². The van der Waals surface area contributed by atoms with Crippen molar-refractivity contribution in [2.75, 3.05) is 26.5 Å². The molecule has 1 atom stereocenters. The van der Waals surface area contributed by atoms with E-state index in [9.17, 15) is 4.79 Å². The molecule has 1 aliphatic rings. The monoisotopic (exact) mass is 215 g/mol. The summed E-state index contributed by atoms with van der Waals surface area (Å²) in [6.07, 6.45) is 1.07. The number of carbonyl (C=O) groups is 1. The highest BCUT2D eigenvalue weighted by molar-refractivity contribution is 5.71. The first kappa shape index (κ1) is 12.5. The Hall–Kier alpha value is -0.610. The van der Waals surface area contributed by atoms with E-state index in [0.29, 0.717) is 31.8 Å². The lowest BCUT2D eigenvalue weighted by atomic mass is 10.0. The zero-order valence-corrected chi connectivity index (χ0v) is 9.86.